The predicted molar refractivity (Wildman–Crippen MR) is 191 cm³/mol. The fourth-order valence-electron chi connectivity index (χ4n) is 7.97. The molecule has 0 amide bonds. The van der Waals surface area contributed by atoms with Gasteiger partial charge in [0.1, 0.15) is 11.5 Å². The van der Waals surface area contributed by atoms with E-state index in [1.807, 2.05) is 64.6 Å². The van der Waals surface area contributed by atoms with E-state index in [-0.39, 0.29) is 5.75 Å². The second-order valence-electron chi connectivity index (χ2n) is 14.8. The van der Waals surface area contributed by atoms with Crippen molar-refractivity contribution in [3.63, 3.8) is 0 Å². The summed E-state index contributed by atoms with van der Waals surface area (Å²) in [5.41, 5.74) is 5.64. The highest BCUT2D eigenvalue weighted by atomic mass is 19.1. The third-order valence-corrected chi connectivity index (χ3v) is 10.5. The van der Waals surface area contributed by atoms with E-state index >= 15 is 4.39 Å². The molecular weight excluding hydrogens is 637 g/mol. The lowest BCUT2D eigenvalue weighted by Gasteiger charge is -2.41. The number of nitrogens with zero attached hydrogens (tertiary/aromatic N) is 5. The van der Waals surface area contributed by atoms with Crippen LogP contribution in [0.4, 0.5) is 10.2 Å². The minimum absolute atomic E-state index is 0.286. The number of fused-ring (bicyclic) bond motifs is 2. The Hall–Kier alpha value is -4.06. The van der Waals surface area contributed by atoms with Gasteiger partial charge < -0.3 is 28.8 Å². The van der Waals surface area contributed by atoms with Crippen LogP contribution in [-0.4, -0.2) is 88.2 Å². The van der Waals surface area contributed by atoms with Gasteiger partial charge in [-0.3, -0.25) is 4.90 Å². The lowest BCUT2D eigenvalue weighted by atomic mass is 9.86. The van der Waals surface area contributed by atoms with Gasteiger partial charge in [-0.05, 0) is 95.7 Å². The highest BCUT2D eigenvalue weighted by Gasteiger charge is 2.35. The number of halogens is 1. The number of ether oxygens (including phenoxy) is 3. The Labute approximate surface area is 293 Å². The maximum absolute atomic E-state index is 15.8. The molecule has 6 heterocycles. The number of carboxylic acid groups (broad SMARTS) is 1. The third-order valence-electron chi connectivity index (χ3n) is 10.5. The summed E-state index contributed by atoms with van der Waals surface area (Å²) in [5, 5.41) is 11.3. The van der Waals surface area contributed by atoms with E-state index in [1.54, 1.807) is 0 Å². The molecular formula is C39H48FN5O5. The summed E-state index contributed by atoms with van der Waals surface area (Å²) < 4.78 is 35.5. The Morgan fingerprint density at radius 2 is 1.82 bits per heavy atom. The summed E-state index contributed by atoms with van der Waals surface area (Å²) in [6.45, 7) is 15.2. The number of aliphatic carboxylic acids is 1. The second kappa shape index (κ2) is 13.6. The topological polar surface area (TPSA) is 102 Å². The molecule has 0 bridgehead atoms. The maximum atomic E-state index is 15.8. The highest BCUT2D eigenvalue weighted by molar-refractivity contribution is 6.01. The van der Waals surface area contributed by atoms with E-state index in [9.17, 15) is 9.90 Å². The Morgan fingerprint density at radius 1 is 1.08 bits per heavy atom. The number of hydrogen-bond acceptors (Lipinski definition) is 8. The third kappa shape index (κ3) is 6.47. The van der Waals surface area contributed by atoms with Gasteiger partial charge in [0.15, 0.2) is 17.7 Å². The summed E-state index contributed by atoms with van der Waals surface area (Å²) >= 11 is 0. The second-order valence-corrected chi connectivity index (χ2v) is 14.8. The quantitative estimate of drug-likeness (QED) is 0.230. The van der Waals surface area contributed by atoms with E-state index in [0.29, 0.717) is 47.1 Å². The average Bonchev–Trinajstić information content (AvgIpc) is 3.43. The number of aromatic nitrogens is 3. The van der Waals surface area contributed by atoms with Crippen molar-refractivity contribution in [3.05, 3.63) is 58.7 Å². The van der Waals surface area contributed by atoms with Crippen molar-refractivity contribution < 1.29 is 28.5 Å². The Kier molecular flexibility index (Phi) is 9.34. The molecule has 10 nitrogen and oxygen atoms in total. The predicted octanol–water partition coefficient (Wildman–Crippen LogP) is 6.63. The summed E-state index contributed by atoms with van der Waals surface area (Å²) in [7, 11) is 1.97. The van der Waals surface area contributed by atoms with Crippen molar-refractivity contribution >= 4 is 22.8 Å². The number of anilines is 1. The lowest BCUT2D eigenvalue weighted by molar-refractivity contribution is -0.160. The van der Waals surface area contributed by atoms with E-state index in [2.05, 4.69) is 15.9 Å². The van der Waals surface area contributed by atoms with Crippen molar-refractivity contribution in [1.82, 2.24) is 19.4 Å². The molecule has 0 spiro atoms. The molecule has 0 unspecified atom stereocenters. The highest BCUT2D eigenvalue weighted by Crippen LogP contribution is 2.45. The molecule has 1 aromatic carbocycles. The van der Waals surface area contributed by atoms with Gasteiger partial charge in [0, 0.05) is 92.0 Å². The molecule has 3 aromatic heterocycles. The lowest BCUT2D eigenvalue weighted by Crippen LogP contribution is -2.51. The van der Waals surface area contributed by atoms with Crippen LogP contribution in [0.2, 0.25) is 0 Å². The molecule has 266 valence electrons. The minimum Gasteiger partial charge on any atom is -0.490 e. The van der Waals surface area contributed by atoms with Gasteiger partial charge in [0.05, 0.1) is 17.9 Å². The fraction of sp³-hybridized carbons (Fsp3) is 0.513. The van der Waals surface area contributed by atoms with Crippen LogP contribution in [0.5, 0.6) is 5.75 Å². The molecule has 4 aromatic rings. The number of benzene rings is 1. The van der Waals surface area contributed by atoms with E-state index in [4.69, 9.17) is 24.2 Å². The molecule has 0 saturated carbocycles. The fourth-order valence-corrected chi connectivity index (χ4v) is 7.97. The van der Waals surface area contributed by atoms with E-state index in [0.717, 1.165) is 92.2 Å². The molecule has 3 aliphatic rings. The zero-order chi connectivity index (χ0) is 35.3. The molecule has 2 fully saturated rings. The number of rotatable bonds is 7. The molecule has 1 atom stereocenters. The van der Waals surface area contributed by atoms with Crippen LogP contribution in [0.1, 0.15) is 68.5 Å². The van der Waals surface area contributed by atoms with Crippen LogP contribution in [0, 0.1) is 19.7 Å². The maximum Gasteiger partial charge on any atom is 0.337 e. The molecule has 50 heavy (non-hydrogen) atoms. The monoisotopic (exact) mass is 685 g/mol. The first-order valence-corrected chi connectivity index (χ1v) is 17.8. The van der Waals surface area contributed by atoms with Crippen molar-refractivity contribution in [2.24, 2.45) is 7.05 Å². The molecule has 3 aliphatic heterocycles. The van der Waals surface area contributed by atoms with Crippen LogP contribution >= 0.6 is 0 Å². The van der Waals surface area contributed by atoms with Crippen LogP contribution < -0.4 is 9.64 Å². The van der Waals surface area contributed by atoms with Crippen molar-refractivity contribution in [2.45, 2.75) is 78.0 Å². The number of carbonyl (C=O) groups is 1. The number of piperazine rings is 1. The van der Waals surface area contributed by atoms with E-state index < -0.39 is 23.5 Å². The number of pyridine rings is 2. The van der Waals surface area contributed by atoms with Gasteiger partial charge in [0.25, 0.3) is 0 Å². The Balaban J connectivity index is 1.35. The van der Waals surface area contributed by atoms with Crippen molar-refractivity contribution in [3.8, 4) is 28.1 Å². The van der Waals surface area contributed by atoms with Crippen molar-refractivity contribution in [2.75, 3.05) is 50.9 Å². The molecule has 7 rings (SSSR count). The zero-order valence-corrected chi connectivity index (χ0v) is 30.0. The number of aryl methyl sites for hydroxylation is 2. The Bertz CT molecular complexity index is 1920. The molecule has 0 aliphatic carbocycles. The molecule has 0 radical (unpaired) electrons. The van der Waals surface area contributed by atoms with E-state index in [1.165, 1.54) is 6.07 Å². The van der Waals surface area contributed by atoms with Crippen LogP contribution in [-0.2, 0) is 27.7 Å². The molecule has 11 heteroatoms. The minimum atomic E-state index is -1.33. The van der Waals surface area contributed by atoms with Crippen LogP contribution in [0.25, 0.3) is 33.4 Å². The summed E-state index contributed by atoms with van der Waals surface area (Å²) in [6.07, 6.45) is 4.16. The summed E-state index contributed by atoms with van der Waals surface area (Å²) in [4.78, 5) is 27.7. The van der Waals surface area contributed by atoms with Crippen LogP contribution in [0.3, 0.4) is 0 Å². The van der Waals surface area contributed by atoms with Gasteiger partial charge >= 0.3 is 5.97 Å². The summed E-state index contributed by atoms with van der Waals surface area (Å²) in [5.74, 6) is -0.379. The Morgan fingerprint density at radius 3 is 2.52 bits per heavy atom. The van der Waals surface area contributed by atoms with Gasteiger partial charge in [-0.1, -0.05) is 0 Å². The average molecular weight is 686 g/mol. The van der Waals surface area contributed by atoms with Gasteiger partial charge in [-0.2, -0.15) is 0 Å². The normalized spacial score (nSPS) is 18.3. The standard InChI is InChI=1S/C39H48FN5O5/c1-23-27-8-7-17-49-35(27)30(40)21-28(23)34-29-22-31(43(6)37(29)42-24(2)33(34)36(38(46)47)50-39(3,4)5)25-9-12-41-32(20-25)45-15-13-44(14-16-45)26-10-18-48-19-11-26/h9,12,20-22,26,36H,7-8,10-11,13-19H2,1-6H3,(H,46,47)/t36-/m0/s1. The SMILES string of the molecule is Cc1nc2c(cc(-c3ccnc(N4CCN(C5CCOCC5)CC4)c3)n2C)c(-c2cc(F)c3c(c2C)CCCO3)c1[C@H](OC(C)(C)C)C(=O)O. The first-order valence-electron chi connectivity index (χ1n) is 17.8. The summed E-state index contributed by atoms with van der Waals surface area (Å²) in [6, 6.07) is 8.24. The van der Waals surface area contributed by atoms with Crippen LogP contribution in [0.15, 0.2) is 30.5 Å². The van der Waals surface area contributed by atoms with Gasteiger partial charge in [-0.15, -0.1) is 0 Å². The van der Waals surface area contributed by atoms with Gasteiger partial charge in [-0.25, -0.2) is 19.2 Å². The van der Waals surface area contributed by atoms with Gasteiger partial charge in [0.2, 0.25) is 0 Å². The number of carboxylic acids is 1. The molecule has 2 saturated heterocycles. The first-order chi connectivity index (χ1) is 23.9. The molecule has 1 N–H and O–H groups in total. The van der Waals surface area contributed by atoms with Crippen molar-refractivity contribution in [1.29, 1.82) is 0 Å². The first kappa shape index (κ1) is 34.4. The number of hydrogen-bond donors (Lipinski definition) is 1. The smallest absolute Gasteiger partial charge is 0.337 e. The zero-order valence-electron chi connectivity index (χ0n) is 30.0. The largest absolute Gasteiger partial charge is 0.490 e.